The fourth-order valence-corrected chi connectivity index (χ4v) is 2.59. The minimum absolute atomic E-state index is 0.361. The van der Waals surface area contributed by atoms with Gasteiger partial charge < -0.3 is 0 Å². The largest absolute Gasteiger partial charge is 0.416 e. The lowest BCUT2D eigenvalue weighted by atomic mass is 10.0. The van der Waals surface area contributed by atoms with E-state index in [0.29, 0.717) is 16.7 Å². The van der Waals surface area contributed by atoms with Crippen molar-refractivity contribution in [2.45, 2.75) is 11.9 Å². The molecule has 21 heavy (non-hydrogen) atoms. The quantitative estimate of drug-likeness (QED) is 0.946. The lowest BCUT2D eigenvalue weighted by Crippen LogP contribution is -2.14. The smallest absolute Gasteiger partial charge is 0.228 e. The fourth-order valence-electron chi connectivity index (χ4n) is 1.95. The number of nitrogens with two attached hydrogens (primary N) is 1. The van der Waals surface area contributed by atoms with Crippen molar-refractivity contribution in [3.8, 4) is 11.1 Å². The standard InChI is InChI=1S/C14H12F3NO2S/c15-14(16,17)13-6-2-5-12(8-13)11-4-1-3-10(7-11)9-21(18,19)20/h1-8H,9H2,(H2,18,19,20). The zero-order valence-electron chi connectivity index (χ0n) is 10.8. The molecule has 0 aromatic heterocycles. The first-order valence-corrected chi connectivity index (χ1v) is 7.64. The van der Waals surface area contributed by atoms with E-state index in [2.05, 4.69) is 0 Å². The second-order valence-electron chi connectivity index (χ2n) is 4.59. The van der Waals surface area contributed by atoms with Gasteiger partial charge in [0.1, 0.15) is 0 Å². The van der Waals surface area contributed by atoms with Crippen LogP contribution in [0.2, 0.25) is 0 Å². The average Bonchev–Trinajstić information content (AvgIpc) is 2.36. The third kappa shape index (κ3) is 4.30. The molecular formula is C14H12F3NO2S. The van der Waals surface area contributed by atoms with Crippen molar-refractivity contribution in [1.29, 1.82) is 0 Å². The van der Waals surface area contributed by atoms with Gasteiger partial charge in [0, 0.05) is 0 Å². The van der Waals surface area contributed by atoms with Crippen LogP contribution in [0.3, 0.4) is 0 Å². The highest BCUT2D eigenvalue weighted by atomic mass is 32.2. The first kappa shape index (κ1) is 15.5. The summed E-state index contributed by atoms with van der Waals surface area (Å²) < 4.78 is 60.2. The molecule has 0 bridgehead atoms. The summed E-state index contributed by atoms with van der Waals surface area (Å²) in [6.45, 7) is 0. The van der Waals surface area contributed by atoms with Gasteiger partial charge in [-0.25, -0.2) is 13.6 Å². The van der Waals surface area contributed by atoms with Crippen LogP contribution in [0.1, 0.15) is 11.1 Å². The SMILES string of the molecule is NS(=O)(=O)Cc1cccc(-c2cccc(C(F)(F)F)c2)c1. The van der Waals surface area contributed by atoms with Gasteiger partial charge in [-0.1, -0.05) is 36.4 Å². The van der Waals surface area contributed by atoms with E-state index >= 15 is 0 Å². The number of primary sulfonamides is 1. The maximum atomic E-state index is 12.7. The minimum Gasteiger partial charge on any atom is -0.228 e. The third-order valence-electron chi connectivity index (χ3n) is 2.82. The Labute approximate surface area is 120 Å². The van der Waals surface area contributed by atoms with Crippen molar-refractivity contribution in [3.63, 3.8) is 0 Å². The minimum atomic E-state index is -4.42. The zero-order valence-corrected chi connectivity index (χ0v) is 11.6. The van der Waals surface area contributed by atoms with Gasteiger partial charge in [-0.2, -0.15) is 13.2 Å². The molecule has 0 radical (unpaired) electrons. The first-order chi connectivity index (χ1) is 9.65. The Morgan fingerprint density at radius 1 is 0.952 bits per heavy atom. The molecule has 0 amide bonds. The molecule has 0 heterocycles. The summed E-state index contributed by atoms with van der Waals surface area (Å²) in [5.41, 5.74) is 0.535. The summed E-state index contributed by atoms with van der Waals surface area (Å²) in [4.78, 5) is 0. The van der Waals surface area contributed by atoms with Gasteiger partial charge in [-0.15, -0.1) is 0 Å². The van der Waals surface area contributed by atoms with Crippen LogP contribution in [0.25, 0.3) is 11.1 Å². The van der Waals surface area contributed by atoms with Gasteiger partial charge in [0.05, 0.1) is 11.3 Å². The highest BCUT2D eigenvalue weighted by Crippen LogP contribution is 2.32. The Hall–Kier alpha value is -1.86. The normalized spacial score (nSPS) is 12.4. The summed E-state index contributed by atoms with van der Waals surface area (Å²) >= 11 is 0. The zero-order chi connectivity index (χ0) is 15.7. The van der Waals surface area contributed by atoms with Gasteiger partial charge in [0.2, 0.25) is 10.0 Å². The van der Waals surface area contributed by atoms with Crippen LogP contribution in [0, 0.1) is 0 Å². The molecule has 0 aliphatic carbocycles. The van der Waals surface area contributed by atoms with Crippen LogP contribution in [0.5, 0.6) is 0 Å². The molecule has 0 aliphatic heterocycles. The topological polar surface area (TPSA) is 60.2 Å². The van der Waals surface area contributed by atoms with Gasteiger partial charge in [-0.3, -0.25) is 0 Å². The number of hydrogen-bond donors (Lipinski definition) is 1. The van der Waals surface area contributed by atoms with Gasteiger partial charge in [-0.05, 0) is 28.8 Å². The Morgan fingerprint density at radius 3 is 2.10 bits per heavy atom. The average molecular weight is 315 g/mol. The van der Waals surface area contributed by atoms with E-state index in [0.717, 1.165) is 12.1 Å². The molecular weight excluding hydrogens is 303 g/mol. The molecule has 7 heteroatoms. The number of rotatable bonds is 3. The highest BCUT2D eigenvalue weighted by molar-refractivity contribution is 7.88. The Morgan fingerprint density at radius 2 is 1.52 bits per heavy atom. The second-order valence-corrected chi connectivity index (χ2v) is 6.20. The van der Waals surface area contributed by atoms with E-state index in [1.807, 2.05) is 0 Å². The van der Waals surface area contributed by atoms with E-state index in [1.54, 1.807) is 18.2 Å². The molecule has 2 N–H and O–H groups in total. The van der Waals surface area contributed by atoms with Crippen LogP contribution in [0.4, 0.5) is 13.2 Å². The molecule has 2 aromatic rings. The maximum absolute atomic E-state index is 12.7. The van der Waals surface area contributed by atoms with Crippen molar-refractivity contribution in [3.05, 3.63) is 59.7 Å². The van der Waals surface area contributed by atoms with E-state index in [9.17, 15) is 21.6 Å². The molecule has 0 fully saturated rings. The Kier molecular flexibility index (Phi) is 4.06. The summed E-state index contributed by atoms with van der Waals surface area (Å²) in [5, 5.41) is 4.96. The van der Waals surface area contributed by atoms with Crippen molar-refractivity contribution in [2.24, 2.45) is 5.14 Å². The third-order valence-corrected chi connectivity index (χ3v) is 3.55. The first-order valence-electron chi connectivity index (χ1n) is 5.92. The molecule has 0 saturated carbocycles. The molecule has 0 unspecified atom stereocenters. The monoisotopic (exact) mass is 315 g/mol. The van der Waals surface area contributed by atoms with E-state index in [4.69, 9.17) is 5.14 Å². The van der Waals surface area contributed by atoms with Crippen molar-refractivity contribution >= 4 is 10.0 Å². The molecule has 0 atom stereocenters. The summed E-state index contributed by atoms with van der Waals surface area (Å²) in [7, 11) is -3.69. The van der Waals surface area contributed by atoms with Crippen LogP contribution in [0.15, 0.2) is 48.5 Å². The highest BCUT2D eigenvalue weighted by Gasteiger charge is 2.30. The lowest BCUT2D eigenvalue weighted by Gasteiger charge is -2.09. The summed E-state index contributed by atoms with van der Waals surface area (Å²) in [5.74, 6) is -0.361. The van der Waals surface area contributed by atoms with Gasteiger partial charge >= 0.3 is 6.18 Å². The van der Waals surface area contributed by atoms with Gasteiger partial charge in [0.15, 0.2) is 0 Å². The summed E-state index contributed by atoms with van der Waals surface area (Å²) in [6.07, 6.45) is -4.42. The molecule has 2 aromatic carbocycles. The fraction of sp³-hybridized carbons (Fsp3) is 0.143. The molecule has 3 nitrogen and oxygen atoms in total. The van der Waals surface area contributed by atoms with Gasteiger partial charge in [0.25, 0.3) is 0 Å². The van der Waals surface area contributed by atoms with Crippen LogP contribution in [-0.4, -0.2) is 8.42 Å². The van der Waals surface area contributed by atoms with Crippen LogP contribution < -0.4 is 5.14 Å². The number of alkyl halides is 3. The number of hydrogen-bond acceptors (Lipinski definition) is 2. The lowest BCUT2D eigenvalue weighted by molar-refractivity contribution is -0.137. The molecule has 0 spiro atoms. The van der Waals surface area contributed by atoms with Crippen LogP contribution >= 0.6 is 0 Å². The van der Waals surface area contributed by atoms with Crippen molar-refractivity contribution < 1.29 is 21.6 Å². The summed E-state index contributed by atoms with van der Waals surface area (Å²) in [6, 6.07) is 11.1. The second kappa shape index (κ2) is 5.50. The maximum Gasteiger partial charge on any atom is 0.416 e. The number of benzene rings is 2. The molecule has 0 saturated heterocycles. The van der Waals surface area contributed by atoms with Crippen LogP contribution in [-0.2, 0) is 22.0 Å². The van der Waals surface area contributed by atoms with E-state index < -0.39 is 21.8 Å². The molecule has 2 rings (SSSR count). The Balaban J connectivity index is 2.41. The molecule has 0 aliphatic rings. The molecule has 112 valence electrons. The predicted octanol–water partition coefficient (Wildman–Crippen LogP) is 3.16. The predicted molar refractivity (Wildman–Crippen MR) is 73.7 cm³/mol. The van der Waals surface area contributed by atoms with Crippen molar-refractivity contribution in [1.82, 2.24) is 0 Å². The van der Waals surface area contributed by atoms with E-state index in [1.165, 1.54) is 18.2 Å². The number of sulfonamides is 1. The van der Waals surface area contributed by atoms with Crippen molar-refractivity contribution in [2.75, 3.05) is 0 Å². The number of halogens is 3. The van der Waals surface area contributed by atoms with E-state index in [-0.39, 0.29) is 5.75 Å². The Bertz CT molecular complexity index is 755.